The zero-order valence-electron chi connectivity index (χ0n) is 16.6. The van der Waals surface area contributed by atoms with Gasteiger partial charge in [-0.05, 0) is 48.9 Å². The van der Waals surface area contributed by atoms with Crippen LogP contribution in [0.25, 0.3) is 0 Å². The molecule has 0 bridgehead atoms. The number of anilines is 2. The van der Waals surface area contributed by atoms with Crippen molar-refractivity contribution in [2.75, 3.05) is 43.1 Å². The van der Waals surface area contributed by atoms with E-state index in [-0.39, 0.29) is 18.2 Å². The highest BCUT2D eigenvalue weighted by Crippen LogP contribution is 2.32. The maximum absolute atomic E-state index is 13.1. The van der Waals surface area contributed by atoms with E-state index in [4.69, 9.17) is 16.3 Å². The molecule has 0 aromatic heterocycles. The second kappa shape index (κ2) is 8.05. The van der Waals surface area contributed by atoms with Gasteiger partial charge in [0.2, 0.25) is 5.91 Å². The first-order valence-electron chi connectivity index (χ1n) is 9.74. The molecule has 2 saturated heterocycles. The van der Waals surface area contributed by atoms with Crippen LogP contribution in [0.2, 0.25) is 5.02 Å². The van der Waals surface area contributed by atoms with E-state index in [9.17, 15) is 9.59 Å². The number of nitrogens with zero attached hydrogens (tertiary/aromatic N) is 3. The molecule has 6 nitrogen and oxygen atoms in total. The molecule has 4 rings (SSSR count). The molecular formula is C22H24ClN3O3. The summed E-state index contributed by atoms with van der Waals surface area (Å²) < 4.78 is 5.22. The molecule has 7 heteroatoms. The average Bonchev–Trinajstić information content (AvgIpc) is 3.04. The van der Waals surface area contributed by atoms with E-state index in [1.165, 1.54) is 4.90 Å². The standard InChI is InChI=1S/C22H24ClN3O3/c1-15-18(23)4-3-5-19(15)26-21(27)14-20(22(26)28)25-12-10-24(11-13-25)16-6-8-17(29-2)9-7-16/h3-9,20H,10-14H2,1-2H3/t20-/m0/s1. The van der Waals surface area contributed by atoms with E-state index < -0.39 is 6.04 Å². The lowest BCUT2D eigenvalue weighted by molar-refractivity contribution is -0.123. The Morgan fingerprint density at radius 2 is 1.69 bits per heavy atom. The van der Waals surface area contributed by atoms with Gasteiger partial charge in [0.05, 0.1) is 25.3 Å². The second-order valence-electron chi connectivity index (χ2n) is 7.39. The fourth-order valence-electron chi connectivity index (χ4n) is 4.08. The van der Waals surface area contributed by atoms with Gasteiger partial charge in [0.25, 0.3) is 5.91 Å². The molecule has 0 unspecified atom stereocenters. The van der Waals surface area contributed by atoms with Crippen LogP contribution in [0.3, 0.4) is 0 Å². The predicted octanol–water partition coefficient (Wildman–Crippen LogP) is 3.11. The Kier molecular flexibility index (Phi) is 5.48. The van der Waals surface area contributed by atoms with Crippen molar-refractivity contribution in [1.29, 1.82) is 0 Å². The number of hydrogen-bond donors (Lipinski definition) is 0. The first-order valence-corrected chi connectivity index (χ1v) is 10.1. The SMILES string of the molecule is COc1ccc(N2CCN([C@H]3CC(=O)N(c4cccc(Cl)c4C)C3=O)CC2)cc1. The molecule has 2 aliphatic heterocycles. The summed E-state index contributed by atoms with van der Waals surface area (Å²) in [7, 11) is 1.65. The van der Waals surface area contributed by atoms with Crippen LogP contribution in [0.1, 0.15) is 12.0 Å². The van der Waals surface area contributed by atoms with Gasteiger partial charge in [-0.15, -0.1) is 0 Å². The number of methoxy groups -OCH3 is 1. The maximum Gasteiger partial charge on any atom is 0.251 e. The summed E-state index contributed by atoms with van der Waals surface area (Å²) in [6.45, 7) is 4.91. The first-order chi connectivity index (χ1) is 14.0. The molecule has 0 spiro atoms. The number of rotatable bonds is 4. The Bertz CT molecular complexity index is 923. The number of hydrogen-bond acceptors (Lipinski definition) is 5. The van der Waals surface area contributed by atoms with E-state index >= 15 is 0 Å². The van der Waals surface area contributed by atoms with Crippen molar-refractivity contribution in [3.05, 3.63) is 53.1 Å². The summed E-state index contributed by atoms with van der Waals surface area (Å²) in [5.41, 5.74) is 2.48. The monoisotopic (exact) mass is 413 g/mol. The van der Waals surface area contributed by atoms with Gasteiger partial charge in [-0.2, -0.15) is 0 Å². The molecule has 2 aromatic rings. The third-order valence-electron chi connectivity index (χ3n) is 5.80. The van der Waals surface area contributed by atoms with E-state index in [1.54, 1.807) is 25.3 Å². The zero-order chi connectivity index (χ0) is 20.5. The number of halogens is 1. The Balaban J connectivity index is 1.44. The molecule has 2 fully saturated rings. The summed E-state index contributed by atoms with van der Waals surface area (Å²) in [6.07, 6.45) is 0.216. The molecule has 152 valence electrons. The van der Waals surface area contributed by atoms with Crippen LogP contribution in [-0.2, 0) is 9.59 Å². The smallest absolute Gasteiger partial charge is 0.251 e. The van der Waals surface area contributed by atoms with Crippen molar-refractivity contribution in [1.82, 2.24) is 4.90 Å². The number of benzene rings is 2. The third-order valence-corrected chi connectivity index (χ3v) is 6.20. The van der Waals surface area contributed by atoms with Gasteiger partial charge in [-0.25, -0.2) is 4.90 Å². The van der Waals surface area contributed by atoms with Gasteiger partial charge in [0.1, 0.15) is 5.75 Å². The maximum atomic E-state index is 13.1. The highest BCUT2D eigenvalue weighted by Gasteiger charge is 2.43. The molecule has 0 N–H and O–H groups in total. The number of ether oxygens (including phenoxy) is 1. The van der Waals surface area contributed by atoms with Crippen molar-refractivity contribution >= 4 is 34.8 Å². The van der Waals surface area contributed by atoms with Crippen LogP contribution in [0.15, 0.2) is 42.5 Å². The van der Waals surface area contributed by atoms with Gasteiger partial charge < -0.3 is 9.64 Å². The number of piperazine rings is 1. The average molecular weight is 414 g/mol. The zero-order valence-corrected chi connectivity index (χ0v) is 17.4. The number of carbonyl (C=O) groups is 2. The summed E-state index contributed by atoms with van der Waals surface area (Å²) in [4.78, 5) is 31.5. The van der Waals surface area contributed by atoms with Crippen LogP contribution in [-0.4, -0.2) is 56.0 Å². The molecule has 2 aromatic carbocycles. The summed E-state index contributed by atoms with van der Waals surface area (Å²) >= 11 is 6.19. The Morgan fingerprint density at radius 1 is 1.00 bits per heavy atom. The summed E-state index contributed by atoms with van der Waals surface area (Å²) in [5.74, 6) is 0.514. The molecule has 29 heavy (non-hydrogen) atoms. The third kappa shape index (κ3) is 3.70. The van der Waals surface area contributed by atoms with Crippen LogP contribution in [0, 0.1) is 6.92 Å². The van der Waals surface area contributed by atoms with E-state index in [0.717, 1.165) is 43.2 Å². The largest absolute Gasteiger partial charge is 0.497 e. The predicted molar refractivity (Wildman–Crippen MR) is 114 cm³/mol. The molecule has 1 atom stereocenters. The number of amides is 2. The van der Waals surface area contributed by atoms with Crippen LogP contribution < -0.4 is 14.5 Å². The molecular weight excluding hydrogens is 390 g/mol. The minimum absolute atomic E-state index is 0.154. The van der Waals surface area contributed by atoms with E-state index in [1.807, 2.05) is 31.2 Å². The van der Waals surface area contributed by atoms with Gasteiger partial charge in [-0.3, -0.25) is 14.5 Å². The number of carbonyl (C=O) groups excluding carboxylic acids is 2. The van der Waals surface area contributed by atoms with Crippen molar-refractivity contribution in [2.24, 2.45) is 0 Å². The minimum Gasteiger partial charge on any atom is -0.497 e. The van der Waals surface area contributed by atoms with Crippen molar-refractivity contribution < 1.29 is 14.3 Å². The van der Waals surface area contributed by atoms with E-state index in [0.29, 0.717) is 10.7 Å². The minimum atomic E-state index is -0.404. The van der Waals surface area contributed by atoms with Gasteiger partial charge >= 0.3 is 0 Å². The first kappa shape index (κ1) is 19.7. The topological polar surface area (TPSA) is 53.1 Å². The van der Waals surface area contributed by atoms with Crippen LogP contribution in [0.5, 0.6) is 5.75 Å². The summed E-state index contributed by atoms with van der Waals surface area (Å²) in [6, 6.07) is 12.9. The molecule has 0 aliphatic carbocycles. The Labute approximate surface area is 175 Å². The fourth-order valence-corrected chi connectivity index (χ4v) is 4.25. The molecule has 0 saturated carbocycles. The molecule has 2 aliphatic rings. The van der Waals surface area contributed by atoms with E-state index in [2.05, 4.69) is 9.80 Å². The van der Waals surface area contributed by atoms with Crippen molar-refractivity contribution in [3.63, 3.8) is 0 Å². The Morgan fingerprint density at radius 3 is 2.34 bits per heavy atom. The van der Waals surface area contributed by atoms with Crippen molar-refractivity contribution in [2.45, 2.75) is 19.4 Å². The lowest BCUT2D eigenvalue weighted by Gasteiger charge is -2.38. The molecule has 2 heterocycles. The highest BCUT2D eigenvalue weighted by atomic mass is 35.5. The van der Waals surface area contributed by atoms with Crippen LogP contribution >= 0.6 is 11.6 Å². The fraction of sp³-hybridized carbons (Fsp3) is 0.364. The van der Waals surface area contributed by atoms with Gasteiger partial charge in [0, 0.05) is 36.9 Å². The Hall–Kier alpha value is -2.57. The summed E-state index contributed by atoms with van der Waals surface area (Å²) in [5, 5.41) is 0.555. The van der Waals surface area contributed by atoms with Crippen LogP contribution in [0.4, 0.5) is 11.4 Å². The van der Waals surface area contributed by atoms with Gasteiger partial charge in [0.15, 0.2) is 0 Å². The second-order valence-corrected chi connectivity index (χ2v) is 7.80. The van der Waals surface area contributed by atoms with Gasteiger partial charge in [-0.1, -0.05) is 17.7 Å². The quantitative estimate of drug-likeness (QED) is 0.721. The highest BCUT2D eigenvalue weighted by molar-refractivity contribution is 6.32. The lowest BCUT2D eigenvalue weighted by Crippen LogP contribution is -2.52. The number of imide groups is 1. The molecule has 0 radical (unpaired) electrons. The van der Waals surface area contributed by atoms with Crippen molar-refractivity contribution in [3.8, 4) is 5.75 Å². The molecule has 2 amide bonds. The normalized spacial score (nSPS) is 20.4. The lowest BCUT2D eigenvalue weighted by atomic mass is 10.1.